The van der Waals surface area contributed by atoms with E-state index in [1.54, 1.807) is 24.3 Å². The van der Waals surface area contributed by atoms with Crippen molar-refractivity contribution < 1.29 is 13.9 Å². The Bertz CT molecular complexity index is 971. The number of thioether (sulfide) groups is 1. The fraction of sp³-hybridized carbons (Fsp3) is 0.286. The highest BCUT2D eigenvalue weighted by atomic mass is 32.2. The zero-order valence-electron chi connectivity index (χ0n) is 16.8. The Hall–Kier alpha value is -2.71. The fourth-order valence-corrected chi connectivity index (χ4v) is 3.63. The minimum absolute atomic E-state index is 0.0289. The molecule has 29 heavy (non-hydrogen) atoms. The summed E-state index contributed by atoms with van der Waals surface area (Å²) in [5.41, 5.74) is 2.36. The quantitative estimate of drug-likeness (QED) is 0.428. The Morgan fingerprint density at radius 2 is 1.79 bits per heavy atom. The number of esters is 1. The van der Waals surface area contributed by atoms with Crippen molar-refractivity contribution in [3.63, 3.8) is 0 Å². The van der Waals surface area contributed by atoms with E-state index in [2.05, 4.69) is 10.2 Å². The van der Waals surface area contributed by atoms with E-state index < -0.39 is 0 Å². The highest BCUT2D eigenvalue weighted by Crippen LogP contribution is 2.29. The smallest absolute Gasteiger partial charge is 0.337 e. The molecule has 1 heterocycles. The molecule has 0 unspecified atom stereocenters. The molecule has 0 N–H and O–H groups in total. The molecular formula is C21H23FN4O2S. The number of nitrogens with zero attached hydrogens (tertiary/aromatic N) is 4. The van der Waals surface area contributed by atoms with Crippen LogP contribution in [0.1, 0.15) is 34.7 Å². The van der Waals surface area contributed by atoms with Gasteiger partial charge in [-0.05, 0) is 63.0 Å². The van der Waals surface area contributed by atoms with Gasteiger partial charge in [-0.25, -0.2) is 9.18 Å². The van der Waals surface area contributed by atoms with E-state index in [0.717, 1.165) is 22.2 Å². The lowest BCUT2D eigenvalue weighted by Crippen LogP contribution is -2.20. The molecule has 0 aliphatic rings. The highest BCUT2D eigenvalue weighted by molar-refractivity contribution is 7.98. The minimum Gasteiger partial charge on any atom is -0.465 e. The van der Waals surface area contributed by atoms with E-state index in [1.165, 1.54) is 31.0 Å². The van der Waals surface area contributed by atoms with E-state index in [1.807, 2.05) is 42.6 Å². The van der Waals surface area contributed by atoms with Gasteiger partial charge in [0.2, 0.25) is 0 Å². The second kappa shape index (κ2) is 9.19. The first kappa shape index (κ1) is 21.0. The van der Waals surface area contributed by atoms with Crippen molar-refractivity contribution >= 4 is 17.7 Å². The van der Waals surface area contributed by atoms with Gasteiger partial charge in [-0.15, -0.1) is 10.2 Å². The monoisotopic (exact) mass is 414 g/mol. The number of aromatic nitrogens is 3. The zero-order chi connectivity index (χ0) is 21.0. The Morgan fingerprint density at radius 3 is 2.38 bits per heavy atom. The summed E-state index contributed by atoms with van der Waals surface area (Å²) in [7, 11) is 5.31. The number of carbonyl (C=O) groups excluding carboxylic acids is 1. The number of hydrogen-bond donors (Lipinski definition) is 0. The standard InChI is InChI=1S/C21H23FN4O2S/c1-14(25(2)3)19-23-24-21(26(19)18-11-9-17(22)10-12-18)29-13-15-5-7-16(8-6-15)20(27)28-4/h5-12,14H,13H2,1-4H3/t14-/m0/s1. The average molecular weight is 415 g/mol. The third-order valence-corrected chi connectivity index (χ3v) is 5.63. The van der Waals surface area contributed by atoms with Crippen molar-refractivity contribution in [3.05, 3.63) is 71.3 Å². The van der Waals surface area contributed by atoms with Crippen LogP contribution in [0.4, 0.5) is 4.39 Å². The third-order valence-electron chi connectivity index (χ3n) is 4.63. The molecule has 0 saturated heterocycles. The number of hydrogen-bond acceptors (Lipinski definition) is 6. The Labute approximate surface area is 173 Å². The van der Waals surface area contributed by atoms with E-state index in [-0.39, 0.29) is 17.8 Å². The molecule has 0 radical (unpaired) electrons. The molecule has 3 rings (SSSR count). The number of carbonyl (C=O) groups is 1. The molecule has 8 heteroatoms. The SMILES string of the molecule is COC(=O)c1ccc(CSc2nnc([C@H](C)N(C)C)n2-c2ccc(F)cc2)cc1. The van der Waals surface area contributed by atoms with Crippen LogP contribution in [0.2, 0.25) is 0 Å². The summed E-state index contributed by atoms with van der Waals surface area (Å²) in [5, 5.41) is 9.49. The summed E-state index contributed by atoms with van der Waals surface area (Å²) in [6.45, 7) is 2.05. The summed E-state index contributed by atoms with van der Waals surface area (Å²) < 4.78 is 20.1. The molecule has 1 atom stereocenters. The topological polar surface area (TPSA) is 60.2 Å². The summed E-state index contributed by atoms with van der Waals surface area (Å²) in [4.78, 5) is 13.6. The fourth-order valence-electron chi connectivity index (χ4n) is 2.71. The van der Waals surface area contributed by atoms with Gasteiger partial charge in [-0.3, -0.25) is 9.47 Å². The maximum absolute atomic E-state index is 13.4. The predicted molar refractivity (Wildman–Crippen MR) is 111 cm³/mol. The van der Waals surface area contributed by atoms with Gasteiger partial charge in [-0.1, -0.05) is 23.9 Å². The van der Waals surface area contributed by atoms with E-state index in [9.17, 15) is 9.18 Å². The first-order chi connectivity index (χ1) is 13.9. The minimum atomic E-state index is -0.359. The predicted octanol–water partition coefficient (Wildman–Crippen LogP) is 4.11. The van der Waals surface area contributed by atoms with Crippen LogP contribution in [0.15, 0.2) is 53.7 Å². The van der Waals surface area contributed by atoms with Crippen LogP contribution in [-0.2, 0) is 10.5 Å². The van der Waals surface area contributed by atoms with Crippen molar-refractivity contribution in [2.75, 3.05) is 21.2 Å². The molecule has 0 aliphatic heterocycles. The van der Waals surface area contributed by atoms with Crippen LogP contribution >= 0.6 is 11.8 Å². The molecule has 0 fully saturated rings. The van der Waals surface area contributed by atoms with Crippen LogP contribution in [0.25, 0.3) is 5.69 Å². The van der Waals surface area contributed by atoms with Crippen molar-refractivity contribution in [2.45, 2.75) is 23.9 Å². The van der Waals surface area contributed by atoms with Gasteiger partial charge in [-0.2, -0.15) is 0 Å². The molecule has 2 aromatic carbocycles. The van der Waals surface area contributed by atoms with Gasteiger partial charge in [0, 0.05) is 11.4 Å². The van der Waals surface area contributed by atoms with E-state index in [0.29, 0.717) is 11.3 Å². The Balaban J connectivity index is 1.87. The number of benzene rings is 2. The summed E-state index contributed by atoms with van der Waals surface area (Å²) >= 11 is 1.53. The second-order valence-electron chi connectivity index (χ2n) is 6.77. The van der Waals surface area contributed by atoms with Gasteiger partial charge in [0.15, 0.2) is 11.0 Å². The molecule has 6 nitrogen and oxygen atoms in total. The lowest BCUT2D eigenvalue weighted by atomic mass is 10.1. The first-order valence-electron chi connectivity index (χ1n) is 9.08. The average Bonchev–Trinajstić information content (AvgIpc) is 3.15. The third kappa shape index (κ3) is 4.83. The maximum atomic E-state index is 13.4. The lowest BCUT2D eigenvalue weighted by molar-refractivity contribution is 0.0600. The van der Waals surface area contributed by atoms with E-state index >= 15 is 0 Å². The molecule has 1 aromatic heterocycles. The molecule has 0 amide bonds. The second-order valence-corrected chi connectivity index (χ2v) is 7.71. The van der Waals surface area contributed by atoms with Gasteiger partial charge in [0.05, 0.1) is 18.7 Å². The summed E-state index contributed by atoms with van der Waals surface area (Å²) in [5.74, 6) is 0.786. The van der Waals surface area contributed by atoms with Gasteiger partial charge < -0.3 is 4.74 Å². The number of halogens is 1. The zero-order valence-corrected chi connectivity index (χ0v) is 17.6. The van der Waals surface area contributed by atoms with Crippen LogP contribution in [0, 0.1) is 5.82 Å². The largest absolute Gasteiger partial charge is 0.465 e. The van der Waals surface area contributed by atoms with Crippen LogP contribution in [-0.4, -0.2) is 46.8 Å². The van der Waals surface area contributed by atoms with Crippen molar-refractivity contribution in [1.29, 1.82) is 0 Å². The molecule has 0 aliphatic carbocycles. The molecule has 0 bridgehead atoms. The normalized spacial score (nSPS) is 12.2. The number of rotatable bonds is 7. The van der Waals surface area contributed by atoms with Crippen LogP contribution in [0.3, 0.4) is 0 Å². The van der Waals surface area contributed by atoms with Gasteiger partial charge in [0.1, 0.15) is 5.82 Å². The number of methoxy groups -OCH3 is 1. The Kier molecular flexibility index (Phi) is 6.66. The van der Waals surface area contributed by atoms with Crippen LogP contribution < -0.4 is 0 Å². The van der Waals surface area contributed by atoms with E-state index in [4.69, 9.17) is 4.74 Å². The van der Waals surface area contributed by atoms with Crippen molar-refractivity contribution in [2.24, 2.45) is 0 Å². The summed E-state index contributed by atoms with van der Waals surface area (Å²) in [6, 6.07) is 13.6. The number of ether oxygens (including phenoxy) is 1. The molecule has 0 spiro atoms. The molecule has 3 aromatic rings. The lowest BCUT2D eigenvalue weighted by Gasteiger charge is -2.20. The van der Waals surface area contributed by atoms with Crippen molar-refractivity contribution in [1.82, 2.24) is 19.7 Å². The first-order valence-corrected chi connectivity index (χ1v) is 10.1. The molecular weight excluding hydrogens is 391 g/mol. The molecule has 152 valence electrons. The van der Waals surface area contributed by atoms with Gasteiger partial charge in [0.25, 0.3) is 0 Å². The molecule has 0 saturated carbocycles. The maximum Gasteiger partial charge on any atom is 0.337 e. The van der Waals surface area contributed by atoms with Crippen molar-refractivity contribution in [3.8, 4) is 5.69 Å². The van der Waals surface area contributed by atoms with Crippen LogP contribution in [0.5, 0.6) is 0 Å². The summed E-state index contributed by atoms with van der Waals surface area (Å²) in [6.07, 6.45) is 0. The van der Waals surface area contributed by atoms with Gasteiger partial charge >= 0.3 is 5.97 Å². The Morgan fingerprint density at radius 1 is 1.14 bits per heavy atom. The highest BCUT2D eigenvalue weighted by Gasteiger charge is 2.21.